The molecule has 0 atom stereocenters. The van der Waals surface area contributed by atoms with Crippen LogP contribution in [-0.4, -0.2) is 17.0 Å². The van der Waals surface area contributed by atoms with E-state index in [1.807, 2.05) is 22.6 Å². The lowest BCUT2D eigenvalue weighted by Crippen LogP contribution is -2.16. The summed E-state index contributed by atoms with van der Waals surface area (Å²) >= 11 is 8.01. The van der Waals surface area contributed by atoms with Crippen LogP contribution in [0.1, 0.15) is 26.3 Å². The molecule has 0 aromatic heterocycles. The number of anilines is 1. The number of rotatable bonds is 3. The molecule has 0 bridgehead atoms. The van der Waals surface area contributed by atoms with Crippen molar-refractivity contribution in [1.29, 1.82) is 0 Å². The maximum atomic E-state index is 12.3. The van der Waals surface area contributed by atoms with Gasteiger partial charge in [0.05, 0.1) is 11.3 Å². The van der Waals surface area contributed by atoms with Crippen molar-refractivity contribution in [3.8, 4) is 0 Å². The number of nitrogens with one attached hydrogen (secondary N) is 1. The van der Waals surface area contributed by atoms with Crippen molar-refractivity contribution in [2.45, 2.75) is 6.92 Å². The molecule has 0 heterocycles. The molecule has 1 amide bonds. The van der Waals surface area contributed by atoms with Gasteiger partial charge in [0.1, 0.15) is 0 Å². The lowest BCUT2D eigenvalue weighted by molar-refractivity contribution is 0.0698. The van der Waals surface area contributed by atoms with Gasteiger partial charge in [0.2, 0.25) is 0 Å². The van der Waals surface area contributed by atoms with Crippen LogP contribution in [0.2, 0.25) is 5.02 Å². The minimum Gasteiger partial charge on any atom is -0.478 e. The number of carboxylic acids is 1. The first-order valence-electron chi connectivity index (χ1n) is 5.99. The quantitative estimate of drug-likeness (QED) is 0.738. The van der Waals surface area contributed by atoms with Crippen LogP contribution in [0.3, 0.4) is 0 Å². The van der Waals surface area contributed by atoms with Crippen LogP contribution >= 0.6 is 34.2 Å². The fraction of sp³-hybridized carbons (Fsp3) is 0.0667. The largest absolute Gasteiger partial charge is 0.478 e. The molecule has 0 saturated heterocycles. The zero-order chi connectivity index (χ0) is 15.6. The van der Waals surface area contributed by atoms with Crippen LogP contribution < -0.4 is 5.32 Å². The van der Waals surface area contributed by atoms with Crippen molar-refractivity contribution in [2.75, 3.05) is 5.32 Å². The third-order valence-electron chi connectivity index (χ3n) is 2.97. The monoisotopic (exact) mass is 415 g/mol. The molecule has 6 heteroatoms. The van der Waals surface area contributed by atoms with E-state index in [4.69, 9.17) is 11.6 Å². The standard InChI is InChI=1S/C15H11ClINO3/c1-8-10(3-2-4-12(8)16)14(19)18-13-6-5-9(17)7-11(13)15(20)21/h2-7H,1H3,(H,18,19)(H,20,21). The van der Waals surface area contributed by atoms with Gasteiger partial charge in [-0.25, -0.2) is 4.79 Å². The smallest absolute Gasteiger partial charge is 0.337 e. The van der Waals surface area contributed by atoms with E-state index in [1.165, 1.54) is 6.07 Å². The van der Waals surface area contributed by atoms with E-state index >= 15 is 0 Å². The maximum absolute atomic E-state index is 12.3. The first kappa shape index (κ1) is 15.8. The fourth-order valence-electron chi connectivity index (χ4n) is 1.85. The normalized spacial score (nSPS) is 10.2. The summed E-state index contributed by atoms with van der Waals surface area (Å²) in [6.07, 6.45) is 0. The second-order valence-electron chi connectivity index (χ2n) is 4.36. The Morgan fingerprint density at radius 2 is 1.90 bits per heavy atom. The van der Waals surface area contributed by atoms with Gasteiger partial charge < -0.3 is 10.4 Å². The third-order valence-corrected chi connectivity index (χ3v) is 4.05. The van der Waals surface area contributed by atoms with E-state index in [-0.39, 0.29) is 11.3 Å². The van der Waals surface area contributed by atoms with Gasteiger partial charge in [0.25, 0.3) is 5.91 Å². The average Bonchev–Trinajstić information content (AvgIpc) is 2.43. The van der Waals surface area contributed by atoms with Crippen LogP contribution in [0.15, 0.2) is 36.4 Å². The first-order chi connectivity index (χ1) is 9.90. The Labute approximate surface area is 140 Å². The molecule has 0 radical (unpaired) electrons. The Morgan fingerprint density at radius 3 is 2.57 bits per heavy atom. The molecular weight excluding hydrogens is 405 g/mol. The Kier molecular flexibility index (Phi) is 4.84. The minimum atomic E-state index is -1.09. The third kappa shape index (κ3) is 3.54. The van der Waals surface area contributed by atoms with Crippen molar-refractivity contribution in [2.24, 2.45) is 0 Å². The van der Waals surface area contributed by atoms with Crippen molar-refractivity contribution >= 4 is 51.8 Å². The molecule has 0 aliphatic heterocycles. The number of carbonyl (C=O) groups excluding carboxylic acids is 1. The van der Waals surface area contributed by atoms with Gasteiger partial charge in [-0.1, -0.05) is 17.7 Å². The van der Waals surface area contributed by atoms with E-state index in [9.17, 15) is 14.7 Å². The number of amides is 1. The van der Waals surface area contributed by atoms with Gasteiger partial charge in [-0.3, -0.25) is 4.79 Å². The zero-order valence-electron chi connectivity index (χ0n) is 11.0. The molecular formula is C15H11ClINO3. The zero-order valence-corrected chi connectivity index (χ0v) is 13.9. The molecule has 0 unspecified atom stereocenters. The molecule has 0 spiro atoms. The Morgan fingerprint density at radius 1 is 1.19 bits per heavy atom. The van der Waals surface area contributed by atoms with Crippen LogP contribution in [0.5, 0.6) is 0 Å². The predicted molar refractivity (Wildman–Crippen MR) is 90.3 cm³/mol. The predicted octanol–water partition coefficient (Wildman–Crippen LogP) is 4.20. The summed E-state index contributed by atoms with van der Waals surface area (Å²) in [6, 6.07) is 9.82. The number of hydrogen-bond donors (Lipinski definition) is 2. The summed E-state index contributed by atoms with van der Waals surface area (Å²) < 4.78 is 0.780. The van der Waals surface area contributed by atoms with Crippen molar-refractivity contribution < 1.29 is 14.7 Å². The number of aromatic carboxylic acids is 1. The lowest BCUT2D eigenvalue weighted by Gasteiger charge is -2.11. The number of carboxylic acid groups (broad SMARTS) is 1. The average molecular weight is 416 g/mol. The number of carbonyl (C=O) groups is 2. The molecule has 2 N–H and O–H groups in total. The SMILES string of the molecule is Cc1c(Cl)cccc1C(=O)Nc1ccc(I)cc1C(=O)O. The molecule has 4 nitrogen and oxygen atoms in total. The van der Waals surface area contributed by atoms with E-state index in [1.54, 1.807) is 37.3 Å². The fourth-order valence-corrected chi connectivity index (χ4v) is 2.51. The maximum Gasteiger partial charge on any atom is 0.337 e. The first-order valence-corrected chi connectivity index (χ1v) is 7.45. The molecule has 0 fully saturated rings. The molecule has 0 saturated carbocycles. The Balaban J connectivity index is 2.36. The van der Waals surface area contributed by atoms with Crippen molar-refractivity contribution in [3.63, 3.8) is 0 Å². The highest BCUT2D eigenvalue weighted by atomic mass is 127. The van der Waals surface area contributed by atoms with Crippen LogP contribution in [0, 0.1) is 10.5 Å². The second kappa shape index (κ2) is 6.44. The number of benzene rings is 2. The second-order valence-corrected chi connectivity index (χ2v) is 6.01. The van der Waals surface area contributed by atoms with Gasteiger partial charge >= 0.3 is 5.97 Å². The number of halogens is 2. The van der Waals surface area contributed by atoms with Crippen LogP contribution in [0.4, 0.5) is 5.69 Å². The van der Waals surface area contributed by atoms with E-state index < -0.39 is 11.9 Å². The summed E-state index contributed by atoms with van der Waals surface area (Å²) in [5.41, 5.74) is 1.37. The van der Waals surface area contributed by atoms with Crippen LogP contribution in [0.25, 0.3) is 0 Å². The van der Waals surface area contributed by atoms with E-state index in [2.05, 4.69) is 5.32 Å². The van der Waals surface area contributed by atoms with E-state index in [0.29, 0.717) is 16.1 Å². The Hall–Kier alpha value is -1.60. The highest BCUT2D eigenvalue weighted by Gasteiger charge is 2.16. The molecule has 0 aliphatic carbocycles. The summed E-state index contributed by atoms with van der Waals surface area (Å²) in [4.78, 5) is 23.5. The summed E-state index contributed by atoms with van der Waals surface area (Å²) in [5.74, 6) is -1.48. The van der Waals surface area contributed by atoms with Crippen LogP contribution in [-0.2, 0) is 0 Å². The summed E-state index contributed by atoms with van der Waals surface area (Å²) in [7, 11) is 0. The van der Waals surface area contributed by atoms with Gasteiger partial charge in [0.15, 0.2) is 0 Å². The Bertz CT molecular complexity index is 731. The lowest BCUT2D eigenvalue weighted by atomic mass is 10.1. The van der Waals surface area contributed by atoms with Gasteiger partial charge in [0, 0.05) is 14.2 Å². The topological polar surface area (TPSA) is 66.4 Å². The van der Waals surface area contributed by atoms with Crippen molar-refractivity contribution in [3.05, 3.63) is 61.7 Å². The highest BCUT2D eigenvalue weighted by molar-refractivity contribution is 14.1. The molecule has 108 valence electrons. The van der Waals surface area contributed by atoms with Gasteiger partial charge in [-0.15, -0.1) is 0 Å². The van der Waals surface area contributed by atoms with Crippen molar-refractivity contribution in [1.82, 2.24) is 0 Å². The minimum absolute atomic E-state index is 0.0509. The molecule has 0 aliphatic rings. The summed E-state index contributed by atoms with van der Waals surface area (Å²) in [6.45, 7) is 1.74. The molecule has 21 heavy (non-hydrogen) atoms. The van der Waals surface area contributed by atoms with Gasteiger partial charge in [-0.2, -0.15) is 0 Å². The molecule has 2 aromatic rings. The highest BCUT2D eigenvalue weighted by Crippen LogP contribution is 2.22. The van der Waals surface area contributed by atoms with Gasteiger partial charge in [-0.05, 0) is 65.4 Å². The number of hydrogen-bond acceptors (Lipinski definition) is 2. The molecule has 2 rings (SSSR count). The molecule has 2 aromatic carbocycles. The van der Waals surface area contributed by atoms with E-state index in [0.717, 1.165) is 3.57 Å². The summed E-state index contributed by atoms with van der Waals surface area (Å²) in [5, 5.41) is 12.3.